The summed E-state index contributed by atoms with van der Waals surface area (Å²) in [6.45, 7) is 2.37. The van der Waals surface area contributed by atoms with E-state index < -0.39 is 5.60 Å². The Morgan fingerprint density at radius 1 is 1.20 bits per heavy atom. The number of aliphatic hydroxyl groups is 1. The van der Waals surface area contributed by atoms with Crippen molar-refractivity contribution in [2.75, 3.05) is 13.2 Å². The quantitative estimate of drug-likeness (QED) is 0.773. The number of hydrogen-bond donors (Lipinski definition) is 1. The van der Waals surface area contributed by atoms with Crippen molar-refractivity contribution in [3.63, 3.8) is 0 Å². The smallest absolute Gasteiger partial charge is 0.229 e. The minimum atomic E-state index is -1.08. The highest BCUT2D eigenvalue weighted by atomic mass is 16.5. The Balaban J connectivity index is 1.72. The molecule has 0 aromatic rings. The van der Waals surface area contributed by atoms with Gasteiger partial charge in [-0.1, -0.05) is 12.8 Å². The predicted octanol–water partition coefficient (Wildman–Crippen LogP) is 1.24. The highest BCUT2D eigenvalue weighted by molar-refractivity contribution is 5.98. The average molecular weight is 281 g/mol. The first kappa shape index (κ1) is 14.0. The molecule has 3 rings (SSSR count). The van der Waals surface area contributed by atoms with Crippen LogP contribution in [0.15, 0.2) is 0 Å². The van der Waals surface area contributed by atoms with Gasteiger partial charge in [-0.3, -0.25) is 14.5 Å². The summed E-state index contributed by atoms with van der Waals surface area (Å²) in [7, 11) is 0. The van der Waals surface area contributed by atoms with Crippen LogP contribution >= 0.6 is 0 Å². The van der Waals surface area contributed by atoms with Crippen molar-refractivity contribution in [2.24, 2.45) is 5.41 Å². The monoisotopic (exact) mass is 281 g/mol. The number of rotatable bonds is 2. The number of ether oxygens (including phenoxy) is 1. The van der Waals surface area contributed by atoms with Crippen LogP contribution in [-0.4, -0.2) is 46.7 Å². The molecule has 112 valence electrons. The molecular weight excluding hydrogens is 258 g/mol. The summed E-state index contributed by atoms with van der Waals surface area (Å²) in [4.78, 5) is 26.0. The fraction of sp³-hybridized carbons (Fsp3) is 0.867. The van der Waals surface area contributed by atoms with Crippen molar-refractivity contribution in [3.8, 4) is 0 Å². The Hall–Kier alpha value is -0.940. The maximum Gasteiger partial charge on any atom is 0.229 e. The summed E-state index contributed by atoms with van der Waals surface area (Å²) >= 11 is 0. The fourth-order valence-corrected chi connectivity index (χ4v) is 3.94. The van der Waals surface area contributed by atoms with Crippen molar-refractivity contribution in [1.82, 2.24) is 4.90 Å². The summed E-state index contributed by atoms with van der Waals surface area (Å²) in [5.74, 6) is -0.230. The normalized spacial score (nSPS) is 37.1. The lowest BCUT2D eigenvalue weighted by atomic mass is 9.76. The fourth-order valence-electron chi connectivity index (χ4n) is 3.94. The molecule has 1 spiro atoms. The molecule has 2 aliphatic heterocycles. The second kappa shape index (κ2) is 4.81. The van der Waals surface area contributed by atoms with E-state index in [1.54, 1.807) is 6.92 Å². The summed E-state index contributed by atoms with van der Waals surface area (Å²) in [5.41, 5.74) is -1.16. The van der Waals surface area contributed by atoms with Gasteiger partial charge in [-0.25, -0.2) is 0 Å². The third kappa shape index (κ3) is 2.27. The predicted molar refractivity (Wildman–Crippen MR) is 71.8 cm³/mol. The molecule has 1 N–H and O–H groups in total. The summed E-state index contributed by atoms with van der Waals surface area (Å²) in [6, 6.07) is 0. The first-order valence-electron chi connectivity index (χ1n) is 7.61. The van der Waals surface area contributed by atoms with Gasteiger partial charge in [0.2, 0.25) is 11.8 Å². The van der Waals surface area contributed by atoms with E-state index in [-0.39, 0.29) is 29.9 Å². The van der Waals surface area contributed by atoms with Gasteiger partial charge in [0, 0.05) is 25.9 Å². The van der Waals surface area contributed by atoms with Gasteiger partial charge >= 0.3 is 0 Å². The topological polar surface area (TPSA) is 66.8 Å². The van der Waals surface area contributed by atoms with Crippen LogP contribution in [0.4, 0.5) is 0 Å². The van der Waals surface area contributed by atoms with Gasteiger partial charge in [0.05, 0.1) is 12.6 Å². The Kier molecular flexibility index (Phi) is 3.37. The molecule has 0 radical (unpaired) electrons. The number of hydrogen-bond acceptors (Lipinski definition) is 4. The minimum Gasteiger partial charge on any atom is -0.385 e. The molecule has 2 amide bonds. The van der Waals surface area contributed by atoms with E-state index in [9.17, 15) is 14.7 Å². The number of carbonyl (C=O) groups excluding carboxylic acids is 2. The van der Waals surface area contributed by atoms with Gasteiger partial charge in [0.15, 0.2) is 0 Å². The van der Waals surface area contributed by atoms with E-state index in [4.69, 9.17) is 4.74 Å². The van der Waals surface area contributed by atoms with E-state index in [0.29, 0.717) is 25.9 Å². The zero-order valence-corrected chi connectivity index (χ0v) is 12.1. The van der Waals surface area contributed by atoms with Crippen LogP contribution in [0.3, 0.4) is 0 Å². The molecule has 2 heterocycles. The number of β-amino-alcohol motifs (C(OH)–C–C–N with tert-alkyl or cyclic N) is 1. The maximum atomic E-state index is 12.4. The minimum absolute atomic E-state index is 0.0783. The van der Waals surface area contributed by atoms with Crippen LogP contribution in [0.5, 0.6) is 0 Å². The molecule has 0 aromatic carbocycles. The largest absolute Gasteiger partial charge is 0.385 e. The zero-order valence-electron chi connectivity index (χ0n) is 12.1. The molecule has 1 aliphatic carbocycles. The molecule has 5 heteroatoms. The Bertz CT molecular complexity index is 410. The number of nitrogens with zero attached hydrogens (tertiary/aromatic N) is 1. The second-order valence-electron chi connectivity index (χ2n) is 6.80. The van der Waals surface area contributed by atoms with Gasteiger partial charge in [0.1, 0.15) is 5.60 Å². The summed E-state index contributed by atoms with van der Waals surface area (Å²) < 4.78 is 5.37. The van der Waals surface area contributed by atoms with E-state index in [1.165, 1.54) is 4.90 Å². The van der Waals surface area contributed by atoms with E-state index in [0.717, 1.165) is 25.7 Å². The van der Waals surface area contributed by atoms with Crippen LogP contribution in [0.2, 0.25) is 0 Å². The SMILES string of the molecule is CC1OCCC1(O)CN1C(=O)CC2(CCCC2)CC1=O. The van der Waals surface area contributed by atoms with Gasteiger partial charge in [-0.2, -0.15) is 0 Å². The lowest BCUT2D eigenvalue weighted by molar-refractivity contribution is -0.159. The average Bonchev–Trinajstić information content (AvgIpc) is 2.94. The van der Waals surface area contributed by atoms with Crippen LogP contribution in [0.25, 0.3) is 0 Å². The molecule has 2 saturated heterocycles. The molecule has 20 heavy (non-hydrogen) atoms. The van der Waals surface area contributed by atoms with Gasteiger partial charge < -0.3 is 9.84 Å². The lowest BCUT2D eigenvalue weighted by Crippen LogP contribution is -2.55. The van der Waals surface area contributed by atoms with Crippen LogP contribution in [0.1, 0.15) is 51.9 Å². The Labute approximate surface area is 119 Å². The molecule has 2 atom stereocenters. The van der Waals surface area contributed by atoms with Crippen molar-refractivity contribution >= 4 is 11.8 Å². The molecule has 3 fully saturated rings. The molecule has 1 saturated carbocycles. The molecule has 0 aromatic heterocycles. The number of likely N-dealkylation sites (tertiary alicyclic amines) is 1. The van der Waals surface area contributed by atoms with Crippen LogP contribution in [-0.2, 0) is 14.3 Å². The second-order valence-corrected chi connectivity index (χ2v) is 6.80. The van der Waals surface area contributed by atoms with E-state index in [1.807, 2.05) is 0 Å². The van der Waals surface area contributed by atoms with Gasteiger partial charge in [-0.05, 0) is 25.2 Å². The highest BCUT2D eigenvalue weighted by Gasteiger charge is 2.49. The van der Waals surface area contributed by atoms with E-state index in [2.05, 4.69) is 0 Å². The summed E-state index contributed by atoms with van der Waals surface area (Å²) in [5, 5.41) is 10.5. The Morgan fingerprint density at radius 3 is 2.30 bits per heavy atom. The first-order chi connectivity index (χ1) is 9.44. The van der Waals surface area contributed by atoms with Crippen molar-refractivity contribution in [1.29, 1.82) is 0 Å². The van der Waals surface area contributed by atoms with Crippen molar-refractivity contribution in [3.05, 3.63) is 0 Å². The van der Waals surface area contributed by atoms with Gasteiger partial charge in [-0.15, -0.1) is 0 Å². The number of amides is 2. The Morgan fingerprint density at radius 2 is 1.80 bits per heavy atom. The lowest BCUT2D eigenvalue weighted by Gasteiger charge is -2.40. The number of carbonyl (C=O) groups is 2. The first-order valence-corrected chi connectivity index (χ1v) is 7.61. The summed E-state index contributed by atoms with van der Waals surface area (Å²) in [6.07, 6.45) is 5.30. The molecule has 0 bridgehead atoms. The maximum absolute atomic E-state index is 12.4. The number of piperidine rings is 1. The third-order valence-electron chi connectivity index (χ3n) is 5.41. The third-order valence-corrected chi connectivity index (χ3v) is 5.41. The molecular formula is C15H23NO4. The molecule has 2 unspecified atom stereocenters. The standard InChI is InChI=1S/C15H23NO4/c1-11-15(19,6-7-20-11)10-16-12(17)8-14(9-13(16)18)4-2-3-5-14/h11,19H,2-10H2,1H3. The van der Waals surface area contributed by atoms with Crippen LogP contribution < -0.4 is 0 Å². The van der Waals surface area contributed by atoms with Crippen molar-refractivity contribution < 1.29 is 19.4 Å². The molecule has 3 aliphatic rings. The molecule has 5 nitrogen and oxygen atoms in total. The van der Waals surface area contributed by atoms with Gasteiger partial charge in [0.25, 0.3) is 0 Å². The van der Waals surface area contributed by atoms with E-state index >= 15 is 0 Å². The zero-order chi connectivity index (χ0) is 14.4. The highest BCUT2D eigenvalue weighted by Crippen LogP contribution is 2.47. The van der Waals surface area contributed by atoms with Crippen LogP contribution in [0, 0.1) is 5.41 Å². The number of imide groups is 1. The van der Waals surface area contributed by atoms with Crippen molar-refractivity contribution in [2.45, 2.75) is 63.6 Å².